The van der Waals surface area contributed by atoms with Gasteiger partial charge in [0.15, 0.2) is 0 Å². The zero-order chi connectivity index (χ0) is 14.4. The topological polar surface area (TPSA) is 64.9 Å². The first-order valence-corrected chi connectivity index (χ1v) is 5.97. The van der Waals surface area contributed by atoms with Crippen LogP contribution < -0.4 is 10.6 Å². The molecule has 2 aromatic carbocycles. The van der Waals surface area contributed by atoms with Crippen LogP contribution in [0, 0.1) is 17.1 Å². The number of anilines is 1. The van der Waals surface area contributed by atoms with Gasteiger partial charge >= 0.3 is 6.03 Å². The van der Waals surface area contributed by atoms with Crippen molar-refractivity contribution in [2.24, 2.45) is 0 Å². The van der Waals surface area contributed by atoms with E-state index in [9.17, 15) is 9.18 Å². The summed E-state index contributed by atoms with van der Waals surface area (Å²) in [6.07, 6.45) is 0. The fourth-order valence-electron chi connectivity index (χ4n) is 1.66. The molecule has 0 spiro atoms. The van der Waals surface area contributed by atoms with Gasteiger partial charge in [0.25, 0.3) is 0 Å². The SMILES string of the molecule is N#Cc1cc(F)ccc1NC(=O)NCc1ccccc1. The van der Waals surface area contributed by atoms with Crippen molar-refractivity contribution in [2.45, 2.75) is 6.54 Å². The molecular weight excluding hydrogens is 257 g/mol. The fourth-order valence-corrected chi connectivity index (χ4v) is 1.66. The van der Waals surface area contributed by atoms with Crippen molar-refractivity contribution in [1.82, 2.24) is 5.32 Å². The Bertz CT molecular complexity index is 650. The van der Waals surface area contributed by atoms with Gasteiger partial charge in [-0.25, -0.2) is 9.18 Å². The van der Waals surface area contributed by atoms with Crippen LogP contribution in [0.5, 0.6) is 0 Å². The summed E-state index contributed by atoms with van der Waals surface area (Å²) in [4.78, 5) is 11.7. The third-order valence-corrected chi connectivity index (χ3v) is 2.65. The molecule has 100 valence electrons. The molecule has 2 rings (SSSR count). The summed E-state index contributed by atoms with van der Waals surface area (Å²) in [7, 11) is 0. The quantitative estimate of drug-likeness (QED) is 0.899. The van der Waals surface area contributed by atoms with E-state index < -0.39 is 11.8 Å². The summed E-state index contributed by atoms with van der Waals surface area (Å²) in [6, 6.07) is 14.4. The molecule has 2 aromatic rings. The number of nitrogens with zero attached hydrogens (tertiary/aromatic N) is 1. The van der Waals surface area contributed by atoms with Crippen LogP contribution in [0.2, 0.25) is 0 Å². The lowest BCUT2D eigenvalue weighted by Gasteiger charge is -2.09. The smallest absolute Gasteiger partial charge is 0.319 e. The Morgan fingerprint density at radius 3 is 2.65 bits per heavy atom. The van der Waals surface area contributed by atoms with E-state index in [1.807, 2.05) is 36.4 Å². The number of hydrogen-bond acceptors (Lipinski definition) is 2. The zero-order valence-electron chi connectivity index (χ0n) is 10.6. The zero-order valence-corrected chi connectivity index (χ0v) is 10.6. The minimum atomic E-state index is -0.517. The van der Waals surface area contributed by atoms with Crippen molar-refractivity contribution in [3.63, 3.8) is 0 Å². The van der Waals surface area contributed by atoms with Gasteiger partial charge in [0, 0.05) is 6.54 Å². The van der Waals surface area contributed by atoms with E-state index in [0.29, 0.717) is 6.54 Å². The van der Waals surface area contributed by atoms with Gasteiger partial charge in [-0.3, -0.25) is 0 Å². The van der Waals surface area contributed by atoms with E-state index in [1.165, 1.54) is 12.1 Å². The van der Waals surface area contributed by atoms with E-state index >= 15 is 0 Å². The Hall–Kier alpha value is -2.87. The number of halogens is 1. The van der Waals surface area contributed by atoms with Crippen molar-refractivity contribution in [1.29, 1.82) is 5.26 Å². The third-order valence-electron chi connectivity index (χ3n) is 2.65. The Kier molecular flexibility index (Phi) is 4.30. The molecule has 0 aliphatic rings. The fraction of sp³-hybridized carbons (Fsp3) is 0.0667. The molecule has 0 saturated carbocycles. The number of benzene rings is 2. The molecule has 2 amide bonds. The van der Waals surface area contributed by atoms with E-state index in [-0.39, 0.29) is 11.3 Å². The third kappa shape index (κ3) is 3.56. The highest BCUT2D eigenvalue weighted by Crippen LogP contribution is 2.15. The average Bonchev–Trinajstić information content (AvgIpc) is 2.48. The molecule has 0 aromatic heterocycles. The van der Waals surface area contributed by atoms with Gasteiger partial charge in [-0.2, -0.15) is 5.26 Å². The van der Waals surface area contributed by atoms with Crippen LogP contribution >= 0.6 is 0 Å². The lowest BCUT2D eigenvalue weighted by Crippen LogP contribution is -2.28. The first kappa shape index (κ1) is 13.6. The molecule has 20 heavy (non-hydrogen) atoms. The molecule has 0 unspecified atom stereocenters. The first-order valence-electron chi connectivity index (χ1n) is 5.97. The highest BCUT2D eigenvalue weighted by atomic mass is 19.1. The van der Waals surface area contributed by atoms with Gasteiger partial charge in [-0.1, -0.05) is 30.3 Å². The number of nitriles is 1. The van der Waals surface area contributed by atoms with Crippen LogP contribution in [0.25, 0.3) is 0 Å². The number of carbonyl (C=O) groups is 1. The van der Waals surface area contributed by atoms with Crippen molar-refractivity contribution in [2.75, 3.05) is 5.32 Å². The molecule has 0 saturated heterocycles. The Morgan fingerprint density at radius 2 is 1.95 bits per heavy atom. The molecule has 4 nitrogen and oxygen atoms in total. The molecule has 0 fully saturated rings. The predicted octanol–water partition coefficient (Wildman–Crippen LogP) is 3.02. The molecule has 2 N–H and O–H groups in total. The van der Waals surface area contributed by atoms with Crippen LogP contribution in [0.4, 0.5) is 14.9 Å². The molecule has 0 bridgehead atoms. The lowest BCUT2D eigenvalue weighted by molar-refractivity contribution is 0.251. The van der Waals surface area contributed by atoms with Crippen LogP contribution in [-0.2, 0) is 6.54 Å². The van der Waals surface area contributed by atoms with E-state index in [4.69, 9.17) is 5.26 Å². The van der Waals surface area contributed by atoms with E-state index in [2.05, 4.69) is 10.6 Å². The molecule has 0 heterocycles. The van der Waals surface area contributed by atoms with Gasteiger partial charge in [-0.05, 0) is 23.8 Å². The van der Waals surface area contributed by atoms with Gasteiger partial charge in [-0.15, -0.1) is 0 Å². The number of hydrogen-bond donors (Lipinski definition) is 2. The van der Waals surface area contributed by atoms with Crippen molar-refractivity contribution >= 4 is 11.7 Å². The van der Waals surface area contributed by atoms with Gasteiger partial charge in [0.05, 0.1) is 11.3 Å². The van der Waals surface area contributed by atoms with E-state index in [1.54, 1.807) is 0 Å². The monoisotopic (exact) mass is 269 g/mol. The largest absolute Gasteiger partial charge is 0.334 e. The molecule has 0 radical (unpaired) electrons. The first-order chi connectivity index (χ1) is 9.69. The molecule has 0 aliphatic carbocycles. The molecule has 0 aliphatic heterocycles. The summed E-state index contributed by atoms with van der Waals surface area (Å²) < 4.78 is 13.0. The lowest BCUT2D eigenvalue weighted by atomic mass is 10.2. The molecule has 5 heteroatoms. The van der Waals surface area contributed by atoms with E-state index in [0.717, 1.165) is 11.6 Å². The van der Waals surface area contributed by atoms with Crippen molar-refractivity contribution < 1.29 is 9.18 Å². The number of amides is 2. The maximum atomic E-state index is 13.0. The summed E-state index contributed by atoms with van der Waals surface area (Å²) in [6.45, 7) is 0.371. The van der Waals surface area contributed by atoms with Crippen LogP contribution in [0.1, 0.15) is 11.1 Å². The van der Waals surface area contributed by atoms with Gasteiger partial charge < -0.3 is 10.6 Å². The minimum absolute atomic E-state index is 0.0832. The second-order valence-electron chi connectivity index (χ2n) is 4.09. The second-order valence-corrected chi connectivity index (χ2v) is 4.09. The van der Waals surface area contributed by atoms with Crippen LogP contribution in [0.3, 0.4) is 0 Å². The maximum absolute atomic E-state index is 13.0. The summed E-state index contributed by atoms with van der Waals surface area (Å²) in [5.41, 5.74) is 1.32. The Morgan fingerprint density at radius 1 is 1.20 bits per heavy atom. The summed E-state index contributed by atoms with van der Waals surface area (Å²) in [5, 5.41) is 14.1. The Balaban J connectivity index is 1.97. The summed E-state index contributed by atoms with van der Waals surface area (Å²) >= 11 is 0. The van der Waals surface area contributed by atoms with Crippen LogP contribution in [-0.4, -0.2) is 6.03 Å². The predicted molar refractivity (Wildman–Crippen MR) is 73.4 cm³/mol. The number of rotatable bonds is 3. The minimum Gasteiger partial charge on any atom is -0.334 e. The normalized spacial score (nSPS) is 9.60. The van der Waals surface area contributed by atoms with Crippen LogP contribution in [0.15, 0.2) is 48.5 Å². The molecular formula is C15H12FN3O. The Labute approximate surface area is 115 Å². The average molecular weight is 269 g/mol. The maximum Gasteiger partial charge on any atom is 0.319 e. The van der Waals surface area contributed by atoms with Crippen molar-refractivity contribution in [3.05, 3.63) is 65.5 Å². The molecule has 0 atom stereocenters. The number of carbonyl (C=O) groups excluding carboxylic acids is 1. The summed E-state index contributed by atoms with van der Waals surface area (Å²) in [5.74, 6) is -0.517. The number of nitrogens with one attached hydrogen (secondary N) is 2. The standard InChI is InChI=1S/C15H12FN3O/c16-13-6-7-14(12(8-13)9-17)19-15(20)18-10-11-4-2-1-3-5-11/h1-8H,10H2,(H2,18,19,20). The highest BCUT2D eigenvalue weighted by Gasteiger charge is 2.07. The highest BCUT2D eigenvalue weighted by molar-refractivity contribution is 5.90. The van der Waals surface area contributed by atoms with Gasteiger partial charge in [0.1, 0.15) is 11.9 Å². The van der Waals surface area contributed by atoms with Gasteiger partial charge in [0.2, 0.25) is 0 Å². The van der Waals surface area contributed by atoms with Crippen molar-refractivity contribution in [3.8, 4) is 6.07 Å². The number of urea groups is 1. The second kappa shape index (κ2) is 6.34.